The fraction of sp³-hybridized carbons (Fsp3) is 0.690. The first-order chi connectivity index (χ1) is 17.1. The summed E-state index contributed by atoms with van der Waals surface area (Å²) in [5, 5.41) is 3.35. The Hall–Kier alpha value is -1.57. The Morgan fingerprint density at radius 3 is 1.78 bits per heavy atom. The molecule has 0 bridgehead atoms. The maximum atomic E-state index is 13.0. The number of carbonyl (C=O) groups excluding carboxylic acids is 3. The summed E-state index contributed by atoms with van der Waals surface area (Å²) in [6.45, 7) is 12.8. The third kappa shape index (κ3) is 8.49. The van der Waals surface area contributed by atoms with Crippen LogP contribution in [0.5, 0.6) is 0 Å². The van der Waals surface area contributed by atoms with Crippen LogP contribution in [0.15, 0.2) is 24.3 Å². The molecule has 1 aliphatic heterocycles. The molecule has 202 valence electrons. The Kier molecular flexibility index (Phi) is 12.3. The maximum absolute atomic E-state index is 13.0. The number of hydrogen-bond acceptors (Lipinski definition) is 4. The number of imide groups is 1. The van der Waals surface area contributed by atoms with Gasteiger partial charge in [0.15, 0.2) is 0 Å². The predicted octanol–water partition coefficient (Wildman–Crippen LogP) is 7.34. The molecule has 7 heteroatoms. The van der Waals surface area contributed by atoms with Crippen molar-refractivity contribution in [3.63, 3.8) is 0 Å². The molecule has 0 fully saturated rings. The number of hydrogen-bond donors (Lipinski definition) is 1. The van der Waals surface area contributed by atoms with Crippen LogP contribution in [0.1, 0.15) is 114 Å². The molecular formula is C29H48N2O4Sn. The molecule has 1 aliphatic rings. The van der Waals surface area contributed by atoms with Crippen LogP contribution >= 0.6 is 0 Å². The number of nitrogens with zero attached hydrogens (tertiary/aromatic N) is 1. The van der Waals surface area contributed by atoms with Crippen LogP contribution in [0.25, 0.3) is 0 Å². The summed E-state index contributed by atoms with van der Waals surface area (Å²) in [7, 11) is 0. The first kappa shape index (κ1) is 30.7. The van der Waals surface area contributed by atoms with E-state index in [9.17, 15) is 14.4 Å². The van der Waals surface area contributed by atoms with Gasteiger partial charge in [0.05, 0.1) is 0 Å². The SMILES string of the molecule is CCC[CH2][Sn]([CH2]CCC)([CH2]CCC)[CH](CCCN1C(=O)c2ccccc2C1=O)NC(=O)OC(C)(C)C. The van der Waals surface area contributed by atoms with Crippen LogP contribution in [0.4, 0.5) is 4.79 Å². The van der Waals surface area contributed by atoms with Crippen LogP contribution in [0.3, 0.4) is 0 Å². The van der Waals surface area contributed by atoms with Gasteiger partial charge in [0.25, 0.3) is 0 Å². The van der Waals surface area contributed by atoms with Crippen LogP contribution in [0.2, 0.25) is 13.3 Å². The predicted molar refractivity (Wildman–Crippen MR) is 149 cm³/mol. The zero-order valence-corrected chi connectivity index (χ0v) is 26.3. The van der Waals surface area contributed by atoms with E-state index in [4.69, 9.17) is 4.74 Å². The van der Waals surface area contributed by atoms with Crippen molar-refractivity contribution in [1.29, 1.82) is 0 Å². The van der Waals surface area contributed by atoms with Gasteiger partial charge in [0.1, 0.15) is 0 Å². The molecule has 1 N–H and O–H groups in total. The van der Waals surface area contributed by atoms with Gasteiger partial charge in [0.2, 0.25) is 0 Å². The molecule has 2 rings (SSSR count). The minimum absolute atomic E-state index is 0.133. The zero-order valence-electron chi connectivity index (χ0n) is 23.5. The summed E-state index contributed by atoms with van der Waals surface area (Å²) in [6.07, 6.45) is 8.23. The molecule has 0 saturated carbocycles. The van der Waals surface area contributed by atoms with Crippen molar-refractivity contribution in [2.75, 3.05) is 6.54 Å². The fourth-order valence-electron chi connectivity index (χ4n) is 5.36. The number of unbranched alkanes of at least 4 members (excludes halogenated alkanes) is 3. The second-order valence-corrected chi connectivity index (χ2v) is 25.4. The molecular weight excluding hydrogens is 559 g/mol. The van der Waals surface area contributed by atoms with E-state index in [-0.39, 0.29) is 22.0 Å². The number of carbonyl (C=O) groups is 3. The number of fused-ring (bicyclic) bond motifs is 1. The van der Waals surface area contributed by atoms with Gasteiger partial charge in [-0.1, -0.05) is 0 Å². The van der Waals surface area contributed by atoms with E-state index < -0.39 is 24.0 Å². The van der Waals surface area contributed by atoms with E-state index in [1.165, 1.54) is 37.5 Å². The van der Waals surface area contributed by atoms with Gasteiger partial charge in [-0.15, -0.1) is 0 Å². The number of benzene rings is 1. The van der Waals surface area contributed by atoms with Gasteiger partial charge < -0.3 is 0 Å². The number of amides is 3. The molecule has 0 saturated heterocycles. The van der Waals surface area contributed by atoms with Gasteiger partial charge in [0, 0.05) is 0 Å². The van der Waals surface area contributed by atoms with Gasteiger partial charge in [-0.2, -0.15) is 0 Å². The zero-order chi connectivity index (χ0) is 26.8. The second kappa shape index (κ2) is 14.4. The van der Waals surface area contributed by atoms with Crippen molar-refractivity contribution in [2.45, 2.75) is 116 Å². The second-order valence-electron chi connectivity index (χ2n) is 11.3. The molecule has 1 aromatic carbocycles. The monoisotopic (exact) mass is 608 g/mol. The molecule has 0 spiro atoms. The quantitative estimate of drug-likeness (QED) is 0.167. The van der Waals surface area contributed by atoms with Crippen LogP contribution in [-0.4, -0.2) is 57.4 Å². The van der Waals surface area contributed by atoms with E-state index in [1.807, 2.05) is 20.8 Å². The van der Waals surface area contributed by atoms with Gasteiger partial charge in [-0.25, -0.2) is 0 Å². The standard InChI is InChI=1S/C17H21N2O4.3C4H9.Sn/c1-17(2,3)23-16(22)18-10-6-7-11-19-14(20)12-8-4-5-9-13(12)15(19)21;3*1-3-4-2;/h4-5,8-10H,6-7,11H2,1-3H3,(H,18,22);3*1,3-4H2,2H3;. The molecule has 1 aromatic rings. The fourth-order valence-corrected chi connectivity index (χ4v) is 23.1. The molecule has 36 heavy (non-hydrogen) atoms. The Morgan fingerprint density at radius 1 is 0.889 bits per heavy atom. The van der Waals surface area contributed by atoms with Crippen molar-refractivity contribution < 1.29 is 19.1 Å². The van der Waals surface area contributed by atoms with E-state index in [2.05, 4.69) is 26.1 Å². The molecule has 1 unspecified atom stereocenters. The Morgan fingerprint density at radius 2 is 1.36 bits per heavy atom. The Labute approximate surface area is 222 Å². The third-order valence-electron chi connectivity index (χ3n) is 7.27. The van der Waals surface area contributed by atoms with Crippen molar-refractivity contribution in [3.05, 3.63) is 35.4 Å². The van der Waals surface area contributed by atoms with E-state index >= 15 is 0 Å². The van der Waals surface area contributed by atoms with Crippen molar-refractivity contribution in [2.24, 2.45) is 0 Å². The van der Waals surface area contributed by atoms with Crippen LogP contribution in [0, 0.1) is 0 Å². The molecule has 3 amide bonds. The number of rotatable bonds is 15. The number of alkyl carbamates (subject to hydrolysis) is 1. The van der Waals surface area contributed by atoms with Gasteiger partial charge >= 0.3 is 223 Å². The van der Waals surface area contributed by atoms with E-state index in [1.54, 1.807) is 24.3 Å². The molecule has 0 aromatic heterocycles. The van der Waals surface area contributed by atoms with E-state index in [0.29, 0.717) is 24.1 Å². The van der Waals surface area contributed by atoms with E-state index in [0.717, 1.165) is 25.7 Å². The average Bonchev–Trinajstić information content (AvgIpc) is 3.07. The third-order valence-corrected chi connectivity index (χ3v) is 24.3. The van der Waals surface area contributed by atoms with Crippen molar-refractivity contribution >= 4 is 36.3 Å². The molecule has 6 nitrogen and oxygen atoms in total. The summed E-state index contributed by atoms with van der Waals surface area (Å²) < 4.78 is 9.62. The minimum atomic E-state index is -2.86. The molecule has 1 atom stereocenters. The Balaban J connectivity index is 2.25. The average molecular weight is 607 g/mol. The van der Waals surface area contributed by atoms with Gasteiger partial charge in [-0.3, -0.25) is 0 Å². The normalized spacial score (nSPS) is 14.7. The van der Waals surface area contributed by atoms with Crippen molar-refractivity contribution in [3.8, 4) is 0 Å². The van der Waals surface area contributed by atoms with Crippen molar-refractivity contribution in [1.82, 2.24) is 10.2 Å². The first-order valence-electron chi connectivity index (χ1n) is 14.0. The topological polar surface area (TPSA) is 75.7 Å². The first-order valence-corrected chi connectivity index (χ1v) is 21.7. The Bertz CT molecular complexity index is 823. The molecule has 0 aliphatic carbocycles. The molecule has 1 heterocycles. The summed E-state index contributed by atoms with van der Waals surface area (Å²) in [5.74, 6) is -0.407. The van der Waals surface area contributed by atoms with Crippen LogP contribution in [-0.2, 0) is 4.74 Å². The number of ether oxygens (including phenoxy) is 1. The van der Waals surface area contributed by atoms with Gasteiger partial charge in [-0.05, 0) is 0 Å². The summed E-state index contributed by atoms with van der Waals surface area (Å²) in [6, 6.07) is 7.05. The van der Waals surface area contributed by atoms with Crippen LogP contribution < -0.4 is 5.32 Å². The molecule has 0 radical (unpaired) electrons. The summed E-state index contributed by atoms with van der Waals surface area (Å²) in [4.78, 5) is 40.1. The summed E-state index contributed by atoms with van der Waals surface area (Å²) in [5.41, 5.74) is 0.435. The summed E-state index contributed by atoms with van der Waals surface area (Å²) >= 11 is -2.86. The number of nitrogens with one attached hydrogen (secondary N) is 1.